The van der Waals surface area contributed by atoms with Gasteiger partial charge in [0.2, 0.25) is 5.91 Å². The van der Waals surface area contributed by atoms with Crippen LogP contribution in [0.15, 0.2) is 54.6 Å². The van der Waals surface area contributed by atoms with Crippen molar-refractivity contribution in [2.45, 2.75) is 25.8 Å². The second kappa shape index (κ2) is 10.5. The summed E-state index contributed by atoms with van der Waals surface area (Å²) in [6.45, 7) is 7.27. The lowest BCUT2D eigenvalue weighted by Crippen LogP contribution is -2.49. The molecule has 3 aliphatic rings. The maximum absolute atomic E-state index is 13.7. The number of hydrogen-bond acceptors (Lipinski definition) is 4. The number of carbonyl (C=O) groups is 1. The summed E-state index contributed by atoms with van der Waals surface area (Å²) in [6, 6.07) is 15.5. The fourth-order valence-corrected chi connectivity index (χ4v) is 5.74. The smallest absolute Gasteiger partial charge is 0.226 e. The summed E-state index contributed by atoms with van der Waals surface area (Å²) in [4.78, 5) is 20.2. The first kappa shape index (κ1) is 24.0. The van der Waals surface area contributed by atoms with Gasteiger partial charge in [-0.1, -0.05) is 48.6 Å². The van der Waals surface area contributed by atoms with Gasteiger partial charge in [0.1, 0.15) is 0 Å². The van der Waals surface area contributed by atoms with Crippen molar-refractivity contribution in [3.63, 3.8) is 0 Å². The number of ether oxygens (including phenoxy) is 1. The normalized spacial score (nSPS) is 22.6. The number of nitrogens with zero attached hydrogens (tertiary/aromatic N) is 3. The molecule has 1 unspecified atom stereocenters. The van der Waals surface area contributed by atoms with Gasteiger partial charge >= 0.3 is 0 Å². The van der Waals surface area contributed by atoms with E-state index in [2.05, 4.69) is 51.1 Å². The van der Waals surface area contributed by atoms with Crippen LogP contribution in [0.3, 0.4) is 0 Å². The second-order valence-electron chi connectivity index (χ2n) is 10.3. The summed E-state index contributed by atoms with van der Waals surface area (Å²) in [5.41, 5.74) is 2.51. The Morgan fingerprint density at radius 2 is 1.77 bits per heavy atom. The Bertz CT molecular complexity index is 1040. The molecule has 2 aliphatic heterocycles. The van der Waals surface area contributed by atoms with Crippen molar-refractivity contribution in [2.75, 3.05) is 52.9 Å². The average molecular weight is 478 g/mol. The highest BCUT2D eigenvalue weighted by atomic mass is 19.1. The van der Waals surface area contributed by atoms with Gasteiger partial charge in [0.15, 0.2) is 11.6 Å². The van der Waals surface area contributed by atoms with Crippen LogP contribution in [-0.4, -0.2) is 73.5 Å². The summed E-state index contributed by atoms with van der Waals surface area (Å²) in [5.74, 6) is 0.565. The first-order valence-corrected chi connectivity index (χ1v) is 12.8. The number of halogens is 1. The fraction of sp³-hybridized carbons (Fsp3) is 0.483. The monoisotopic (exact) mass is 477 g/mol. The van der Waals surface area contributed by atoms with Gasteiger partial charge in [-0.25, -0.2) is 4.39 Å². The van der Waals surface area contributed by atoms with Gasteiger partial charge in [-0.3, -0.25) is 14.6 Å². The van der Waals surface area contributed by atoms with Crippen molar-refractivity contribution in [1.29, 1.82) is 0 Å². The van der Waals surface area contributed by atoms with E-state index in [4.69, 9.17) is 4.74 Å². The maximum Gasteiger partial charge on any atom is 0.226 e. The first-order chi connectivity index (χ1) is 17.1. The fourth-order valence-electron chi connectivity index (χ4n) is 5.74. The Kier molecular flexibility index (Phi) is 7.21. The third-order valence-electron chi connectivity index (χ3n) is 8.12. The second-order valence-corrected chi connectivity index (χ2v) is 10.3. The van der Waals surface area contributed by atoms with E-state index in [0.717, 1.165) is 77.2 Å². The predicted molar refractivity (Wildman–Crippen MR) is 136 cm³/mol. The van der Waals surface area contributed by atoms with Gasteiger partial charge in [-0.2, -0.15) is 0 Å². The quantitative estimate of drug-likeness (QED) is 0.596. The van der Waals surface area contributed by atoms with Crippen LogP contribution in [-0.2, 0) is 11.3 Å². The highest BCUT2D eigenvalue weighted by molar-refractivity contribution is 5.83. The van der Waals surface area contributed by atoms with Crippen LogP contribution < -0.4 is 4.74 Å². The number of rotatable bonds is 7. The number of piperazine rings is 1. The summed E-state index contributed by atoms with van der Waals surface area (Å²) >= 11 is 0. The summed E-state index contributed by atoms with van der Waals surface area (Å²) in [5, 5.41) is 0. The predicted octanol–water partition coefficient (Wildman–Crippen LogP) is 4.29. The van der Waals surface area contributed by atoms with Crippen molar-refractivity contribution >= 4 is 12.0 Å². The Hall–Kier alpha value is -2.70. The van der Waals surface area contributed by atoms with Crippen molar-refractivity contribution in [3.8, 4) is 5.75 Å². The lowest BCUT2D eigenvalue weighted by Gasteiger charge is -2.36. The van der Waals surface area contributed by atoms with Gasteiger partial charge in [-0.05, 0) is 61.0 Å². The molecule has 186 valence electrons. The minimum absolute atomic E-state index is 0.208. The van der Waals surface area contributed by atoms with E-state index in [1.807, 2.05) is 12.1 Å². The molecule has 1 aliphatic carbocycles. The average Bonchev–Trinajstić information content (AvgIpc) is 3.60. The highest BCUT2D eigenvalue weighted by Crippen LogP contribution is 2.60. The molecule has 2 saturated heterocycles. The standard InChI is InChI=1S/C29H36FN3O2/c1-35-27-20-24(9-10-26(27)30)22-32-14-11-29(12-15-32)21-25(29)28(34)33-18-16-31(17-19-33)13-5-8-23-6-3-2-4-7-23/h2-10,20,25H,11-19,21-22H2,1H3. The number of carbonyl (C=O) groups excluding carboxylic acids is 1. The molecule has 1 saturated carbocycles. The summed E-state index contributed by atoms with van der Waals surface area (Å²) < 4.78 is 18.8. The van der Waals surface area contributed by atoms with Crippen molar-refractivity contribution in [2.24, 2.45) is 11.3 Å². The van der Waals surface area contributed by atoms with Gasteiger partial charge in [0, 0.05) is 45.2 Å². The Balaban J connectivity index is 1.05. The molecule has 0 bridgehead atoms. The molecule has 5 rings (SSSR count). The maximum atomic E-state index is 13.7. The molecule has 2 aromatic carbocycles. The topological polar surface area (TPSA) is 36.0 Å². The SMILES string of the molecule is COc1cc(CN2CCC3(CC2)CC3C(=O)N2CCN(CC=Cc3ccccc3)CC2)ccc1F. The minimum atomic E-state index is -0.322. The van der Waals surface area contributed by atoms with E-state index in [1.54, 1.807) is 6.07 Å². The van der Waals surface area contributed by atoms with E-state index in [0.29, 0.717) is 11.7 Å². The van der Waals surface area contributed by atoms with E-state index < -0.39 is 0 Å². The minimum Gasteiger partial charge on any atom is -0.494 e. The molecule has 0 radical (unpaired) electrons. The van der Waals surface area contributed by atoms with Gasteiger partial charge < -0.3 is 9.64 Å². The Morgan fingerprint density at radius 1 is 1.03 bits per heavy atom. The zero-order valence-corrected chi connectivity index (χ0v) is 20.7. The Labute approximate surface area is 208 Å². The number of benzene rings is 2. The summed E-state index contributed by atoms with van der Waals surface area (Å²) in [6.07, 6.45) is 7.59. The number of amides is 1. The van der Waals surface area contributed by atoms with Gasteiger partial charge in [0.25, 0.3) is 0 Å². The van der Waals surface area contributed by atoms with Crippen LogP contribution in [0, 0.1) is 17.2 Å². The van der Waals surface area contributed by atoms with Crippen molar-refractivity contribution in [1.82, 2.24) is 14.7 Å². The molecule has 0 N–H and O–H groups in total. The van der Waals surface area contributed by atoms with Crippen molar-refractivity contribution in [3.05, 3.63) is 71.6 Å². The molecule has 1 spiro atoms. The Morgan fingerprint density at radius 3 is 2.49 bits per heavy atom. The van der Waals surface area contributed by atoms with E-state index in [9.17, 15) is 9.18 Å². The number of likely N-dealkylation sites (tertiary alicyclic amines) is 1. The van der Waals surface area contributed by atoms with Crippen LogP contribution in [0.25, 0.3) is 6.08 Å². The molecular weight excluding hydrogens is 441 g/mol. The highest BCUT2D eigenvalue weighted by Gasteiger charge is 2.59. The molecule has 0 aromatic heterocycles. The molecule has 6 heteroatoms. The van der Waals surface area contributed by atoms with E-state index in [-0.39, 0.29) is 17.2 Å². The molecule has 2 heterocycles. The molecule has 2 aromatic rings. The van der Waals surface area contributed by atoms with E-state index >= 15 is 0 Å². The van der Waals surface area contributed by atoms with Crippen LogP contribution in [0.5, 0.6) is 5.75 Å². The van der Waals surface area contributed by atoms with Gasteiger partial charge in [0.05, 0.1) is 7.11 Å². The molecule has 1 amide bonds. The first-order valence-electron chi connectivity index (χ1n) is 12.8. The number of piperidine rings is 1. The summed E-state index contributed by atoms with van der Waals surface area (Å²) in [7, 11) is 1.50. The number of methoxy groups -OCH3 is 1. The molecule has 1 atom stereocenters. The van der Waals surface area contributed by atoms with Crippen LogP contribution in [0.4, 0.5) is 4.39 Å². The lowest BCUT2D eigenvalue weighted by molar-refractivity contribution is -0.135. The number of hydrogen-bond donors (Lipinski definition) is 0. The van der Waals surface area contributed by atoms with Crippen LogP contribution in [0.2, 0.25) is 0 Å². The van der Waals surface area contributed by atoms with Gasteiger partial charge in [-0.15, -0.1) is 0 Å². The lowest BCUT2D eigenvalue weighted by atomic mass is 9.90. The van der Waals surface area contributed by atoms with Crippen LogP contribution >= 0.6 is 0 Å². The third-order valence-corrected chi connectivity index (χ3v) is 8.12. The zero-order valence-electron chi connectivity index (χ0n) is 20.7. The van der Waals surface area contributed by atoms with Crippen LogP contribution in [0.1, 0.15) is 30.4 Å². The van der Waals surface area contributed by atoms with E-state index in [1.165, 1.54) is 18.7 Å². The largest absolute Gasteiger partial charge is 0.494 e. The third kappa shape index (κ3) is 5.60. The molecular formula is C29H36FN3O2. The molecule has 35 heavy (non-hydrogen) atoms. The molecule has 3 fully saturated rings. The zero-order chi connectivity index (χ0) is 24.3. The molecule has 5 nitrogen and oxygen atoms in total. The van der Waals surface area contributed by atoms with Crippen molar-refractivity contribution < 1.29 is 13.9 Å².